The van der Waals surface area contributed by atoms with Gasteiger partial charge in [-0.3, -0.25) is 4.90 Å². The molecule has 0 aromatic heterocycles. The van der Waals surface area contributed by atoms with Crippen LogP contribution in [0.2, 0.25) is 5.02 Å². The van der Waals surface area contributed by atoms with Crippen molar-refractivity contribution in [1.82, 2.24) is 4.90 Å². The topological polar surface area (TPSA) is 21.7 Å². The van der Waals surface area contributed by atoms with Crippen molar-refractivity contribution >= 4 is 17.2 Å². The fourth-order valence-electron chi connectivity index (χ4n) is 2.70. The largest absolute Gasteiger partial charge is 0.350 e. The van der Waals surface area contributed by atoms with E-state index < -0.39 is 0 Å². The van der Waals surface area contributed by atoms with Crippen LogP contribution in [0, 0.1) is 0 Å². The van der Waals surface area contributed by atoms with Gasteiger partial charge in [0, 0.05) is 31.1 Å². The zero-order valence-corrected chi connectivity index (χ0v) is 12.3. The Labute approximate surface area is 125 Å². The Balaban J connectivity index is 1.50. The number of ether oxygens (including phenoxy) is 2. The average Bonchev–Trinajstić information content (AvgIpc) is 3.00. The molecule has 0 amide bonds. The zero-order valence-electron chi connectivity index (χ0n) is 11.6. The van der Waals surface area contributed by atoms with Crippen LogP contribution in [0.1, 0.15) is 18.4 Å². The van der Waals surface area contributed by atoms with Crippen molar-refractivity contribution in [3.63, 3.8) is 0 Å². The molecule has 0 radical (unpaired) electrons. The number of hydrogen-bond acceptors (Lipinski definition) is 3. The highest BCUT2D eigenvalue weighted by atomic mass is 35.5. The second kappa shape index (κ2) is 6.72. The van der Waals surface area contributed by atoms with Crippen LogP contribution < -0.4 is 0 Å². The lowest BCUT2D eigenvalue weighted by atomic mass is 9.99. The molecule has 0 saturated carbocycles. The maximum absolute atomic E-state index is 5.93. The molecule has 1 aromatic carbocycles. The van der Waals surface area contributed by atoms with Crippen molar-refractivity contribution in [2.24, 2.45) is 0 Å². The van der Waals surface area contributed by atoms with Gasteiger partial charge in [-0.2, -0.15) is 0 Å². The molecule has 2 aliphatic heterocycles. The van der Waals surface area contributed by atoms with Gasteiger partial charge in [0.05, 0.1) is 13.2 Å². The molecule has 3 rings (SSSR count). The van der Waals surface area contributed by atoms with Crippen molar-refractivity contribution in [2.45, 2.75) is 19.1 Å². The minimum absolute atomic E-state index is 0.0108. The molecule has 0 bridgehead atoms. The molecule has 0 atom stereocenters. The second-order valence-electron chi connectivity index (χ2n) is 5.25. The number of halogens is 1. The van der Waals surface area contributed by atoms with Gasteiger partial charge >= 0.3 is 0 Å². The number of rotatable bonds is 4. The summed E-state index contributed by atoms with van der Waals surface area (Å²) in [4.78, 5) is 2.45. The predicted octanol–water partition coefficient (Wildman–Crippen LogP) is 3.19. The maximum atomic E-state index is 5.93. The third-order valence-corrected chi connectivity index (χ3v) is 4.13. The van der Waals surface area contributed by atoms with Crippen molar-refractivity contribution < 1.29 is 9.47 Å². The van der Waals surface area contributed by atoms with Crippen molar-refractivity contribution in [1.29, 1.82) is 0 Å². The molecular formula is C16H20ClNO2. The van der Waals surface area contributed by atoms with Gasteiger partial charge in [-0.1, -0.05) is 29.8 Å². The Morgan fingerprint density at radius 1 is 1.15 bits per heavy atom. The summed E-state index contributed by atoms with van der Waals surface area (Å²) in [6.45, 7) is 4.62. The predicted molar refractivity (Wildman–Crippen MR) is 80.8 cm³/mol. The lowest BCUT2D eigenvalue weighted by molar-refractivity contribution is -0.0511. The first-order chi connectivity index (χ1) is 9.81. The monoisotopic (exact) mass is 293 g/mol. The standard InChI is InChI=1S/C16H20ClNO2/c17-15-3-1-13(2-4-15)14-5-8-18(9-6-14)10-7-16-19-11-12-20-16/h1-5,16H,6-12H2. The normalized spacial score (nSPS) is 21.1. The molecule has 108 valence electrons. The van der Waals surface area contributed by atoms with Crippen LogP contribution in [0.5, 0.6) is 0 Å². The Bertz CT molecular complexity index is 466. The first-order valence-corrected chi connectivity index (χ1v) is 7.59. The van der Waals surface area contributed by atoms with Gasteiger partial charge in [0.25, 0.3) is 0 Å². The summed E-state index contributed by atoms with van der Waals surface area (Å²) in [6, 6.07) is 8.12. The van der Waals surface area contributed by atoms with Crippen molar-refractivity contribution in [2.75, 3.05) is 32.8 Å². The molecule has 4 heteroatoms. The van der Waals surface area contributed by atoms with Crippen molar-refractivity contribution in [3.05, 3.63) is 40.9 Å². The third-order valence-electron chi connectivity index (χ3n) is 3.88. The van der Waals surface area contributed by atoms with Gasteiger partial charge in [-0.25, -0.2) is 0 Å². The molecule has 0 spiro atoms. The van der Waals surface area contributed by atoms with Crippen LogP contribution >= 0.6 is 11.6 Å². The zero-order chi connectivity index (χ0) is 13.8. The molecule has 1 aromatic rings. The van der Waals surface area contributed by atoms with E-state index in [1.54, 1.807) is 0 Å². The molecule has 0 aliphatic carbocycles. The van der Waals surface area contributed by atoms with E-state index in [0.29, 0.717) is 0 Å². The van der Waals surface area contributed by atoms with Crippen LogP contribution in [0.3, 0.4) is 0 Å². The Kier molecular flexibility index (Phi) is 4.73. The summed E-state index contributed by atoms with van der Waals surface area (Å²) >= 11 is 5.93. The van der Waals surface area contributed by atoms with Crippen LogP contribution in [-0.4, -0.2) is 44.0 Å². The highest BCUT2D eigenvalue weighted by molar-refractivity contribution is 6.30. The first-order valence-electron chi connectivity index (χ1n) is 7.22. The van der Waals surface area contributed by atoms with E-state index >= 15 is 0 Å². The fourth-order valence-corrected chi connectivity index (χ4v) is 2.83. The summed E-state index contributed by atoms with van der Waals surface area (Å²) in [7, 11) is 0. The van der Waals surface area contributed by atoms with Crippen molar-refractivity contribution in [3.8, 4) is 0 Å². The molecule has 0 N–H and O–H groups in total. The van der Waals surface area contributed by atoms with Gasteiger partial charge < -0.3 is 9.47 Å². The van der Waals surface area contributed by atoms with E-state index in [4.69, 9.17) is 21.1 Å². The van der Waals surface area contributed by atoms with E-state index in [2.05, 4.69) is 23.1 Å². The molecule has 20 heavy (non-hydrogen) atoms. The summed E-state index contributed by atoms with van der Waals surface area (Å²) in [6.07, 6.45) is 4.39. The van der Waals surface area contributed by atoms with E-state index in [9.17, 15) is 0 Å². The third kappa shape index (κ3) is 3.61. The van der Waals surface area contributed by atoms with Crippen LogP contribution in [0.25, 0.3) is 5.57 Å². The molecule has 1 saturated heterocycles. The second-order valence-corrected chi connectivity index (χ2v) is 5.68. The first kappa shape index (κ1) is 14.1. The van der Waals surface area contributed by atoms with Gasteiger partial charge in [0.2, 0.25) is 0 Å². The van der Waals surface area contributed by atoms with Gasteiger partial charge in [0.1, 0.15) is 0 Å². The number of hydrogen-bond donors (Lipinski definition) is 0. The van der Waals surface area contributed by atoms with Gasteiger partial charge in [-0.15, -0.1) is 0 Å². The molecule has 2 heterocycles. The molecule has 0 unspecified atom stereocenters. The molecule has 1 fully saturated rings. The Hall–Kier alpha value is -0.870. The van der Waals surface area contributed by atoms with E-state index in [1.807, 2.05) is 12.1 Å². The molecule has 2 aliphatic rings. The summed E-state index contributed by atoms with van der Waals surface area (Å²) in [5, 5.41) is 0.795. The molecular weight excluding hydrogens is 274 g/mol. The van der Waals surface area contributed by atoms with Crippen LogP contribution in [0.4, 0.5) is 0 Å². The Morgan fingerprint density at radius 2 is 1.90 bits per heavy atom. The average molecular weight is 294 g/mol. The highest BCUT2D eigenvalue weighted by Crippen LogP contribution is 2.24. The van der Waals surface area contributed by atoms with E-state index in [1.165, 1.54) is 11.1 Å². The summed E-state index contributed by atoms with van der Waals surface area (Å²) in [5.74, 6) is 0. The lowest BCUT2D eigenvalue weighted by Crippen LogP contribution is -2.31. The van der Waals surface area contributed by atoms with Gasteiger partial charge in [0.15, 0.2) is 6.29 Å². The Morgan fingerprint density at radius 3 is 2.55 bits per heavy atom. The lowest BCUT2D eigenvalue weighted by Gasteiger charge is -2.27. The quantitative estimate of drug-likeness (QED) is 0.851. The molecule has 3 nitrogen and oxygen atoms in total. The highest BCUT2D eigenvalue weighted by Gasteiger charge is 2.18. The number of nitrogens with zero attached hydrogens (tertiary/aromatic N) is 1. The number of benzene rings is 1. The van der Waals surface area contributed by atoms with Crippen LogP contribution in [0.15, 0.2) is 30.3 Å². The minimum Gasteiger partial charge on any atom is -0.350 e. The SMILES string of the molecule is Clc1ccc(C2=CCN(CCC3OCCO3)CC2)cc1. The summed E-state index contributed by atoms with van der Waals surface area (Å²) < 4.78 is 10.9. The fraction of sp³-hybridized carbons (Fsp3) is 0.500. The van der Waals surface area contributed by atoms with Crippen LogP contribution in [-0.2, 0) is 9.47 Å². The van der Waals surface area contributed by atoms with E-state index in [0.717, 1.165) is 50.7 Å². The van der Waals surface area contributed by atoms with E-state index in [-0.39, 0.29) is 6.29 Å². The smallest absolute Gasteiger partial charge is 0.159 e. The minimum atomic E-state index is 0.0108. The maximum Gasteiger partial charge on any atom is 0.159 e. The van der Waals surface area contributed by atoms with Gasteiger partial charge in [-0.05, 0) is 29.7 Å². The summed E-state index contributed by atoms with van der Waals surface area (Å²) in [5.41, 5.74) is 2.71.